The molecule has 0 aliphatic carbocycles. The van der Waals surface area contributed by atoms with Crippen LogP contribution in [0.2, 0.25) is 0 Å². The Morgan fingerprint density at radius 2 is 2.05 bits per heavy atom. The molecule has 0 bridgehead atoms. The van der Waals surface area contributed by atoms with Gasteiger partial charge in [-0.25, -0.2) is 0 Å². The molecule has 3 nitrogen and oxygen atoms in total. The SMILES string of the molecule is Bc1ccc2c(c1)c(C1C(C)CN(P)CC1(C)C)nn2P. The first-order valence-electron chi connectivity index (χ1n) is 7.53. The van der Waals surface area contributed by atoms with Gasteiger partial charge >= 0.3 is 0 Å². The van der Waals surface area contributed by atoms with Gasteiger partial charge in [0.1, 0.15) is 7.85 Å². The van der Waals surface area contributed by atoms with E-state index in [0.717, 1.165) is 13.1 Å². The molecule has 3 rings (SSSR count). The maximum atomic E-state index is 4.88. The molecule has 1 aliphatic rings. The Labute approximate surface area is 132 Å². The minimum absolute atomic E-state index is 0.217. The summed E-state index contributed by atoms with van der Waals surface area (Å²) in [6, 6.07) is 6.62. The highest BCUT2D eigenvalue weighted by atomic mass is 31.0. The van der Waals surface area contributed by atoms with Crippen molar-refractivity contribution in [2.24, 2.45) is 11.3 Å². The van der Waals surface area contributed by atoms with Gasteiger partial charge in [-0.3, -0.25) is 9.12 Å². The van der Waals surface area contributed by atoms with Crippen molar-refractivity contribution in [3.05, 3.63) is 23.9 Å². The molecule has 21 heavy (non-hydrogen) atoms. The van der Waals surface area contributed by atoms with Crippen LogP contribution in [0.5, 0.6) is 0 Å². The number of nitrogens with zero attached hydrogens (tertiary/aromatic N) is 3. The standard InChI is InChI=1S/C15H24BN3P2/c1-9-7-18(20)8-15(2,3)13(9)14-11-6-10(16)4-5-12(11)19(21)17-14/h4-6,9,13H,7-8,16,20-21H2,1-3H3. The molecule has 1 aliphatic heterocycles. The lowest BCUT2D eigenvalue weighted by molar-refractivity contribution is 0.110. The lowest BCUT2D eigenvalue weighted by atomic mass is 9.67. The van der Waals surface area contributed by atoms with Crippen LogP contribution in [0.3, 0.4) is 0 Å². The second-order valence-corrected chi connectivity index (χ2v) is 8.44. The van der Waals surface area contributed by atoms with Gasteiger partial charge in [-0.2, -0.15) is 5.10 Å². The summed E-state index contributed by atoms with van der Waals surface area (Å²) in [5, 5.41) is 6.19. The lowest BCUT2D eigenvalue weighted by Crippen LogP contribution is -2.45. The largest absolute Gasteiger partial charge is 0.287 e. The van der Waals surface area contributed by atoms with Crippen LogP contribution in [0.25, 0.3) is 10.9 Å². The summed E-state index contributed by atoms with van der Waals surface area (Å²) < 4.78 is 4.33. The molecule has 1 aromatic heterocycles. The lowest BCUT2D eigenvalue weighted by Gasteiger charge is -2.46. The van der Waals surface area contributed by atoms with Crippen LogP contribution in [0.4, 0.5) is 0 Å². The molecule has 0 N–H and O–H groups in total. The Kier molecular flexibility index (Phi) is 3.93. The third-order valence-electron chi connectivity index (χ3n) is 4.73. The molecular weight excluding hydrogens is 295 g/mol. The average Bonchev–Trinajstić information content (AvgIpc) is 2.63. The summed E-state index contributed by atoms with van der Waals surface area (Å²) in [6.07, 6.45) is 0. The smallest absolute Gasteiger partial charge is 0.139 e. The van der Waals surface area contributed by atoms with E-state index in [9.17, 15) is 0 Å². The minimum atomic E-state index is 0.217. The van der Waals surface area contributed by atoms with Crippen LogP contribution in [-0.4, -0.2) is 35.2 Å². The maximum Gasteiger partial charge on any atom is 0.139 e. The number of hydrogen-bond acceptors (Lipinski definition) is 2. The highest BCUT2D eigenvalue weighted by Gasteiger charge is 2.42. The predicted molar refractivity (Wildman–Crippen MR) is 100.0 cm³/mol. The Morgan fingerprint density at radius 3 is 2.71 bits per heavy atom. The molecule has 4 atom stereocenters. The molecule has 0 spiro atoms. The van der Waals surface area contributed by atoms with Crippen LogP contribution in [0.15, 0.2) is 18.2 Å². The van der Waals surface area contributed by atoms with Gasteiger partial charge in [0, 0.05) is 24.4 Å². The van der Waals surface area contributed by atoms with E-state index in [1.165, 1.54) is 22.1 Å². The fraction of sp³-hybridized carbons (Fsp3) is 0.533. The number of hydrogen-bond donors (Lipinski definition) is 0. The summed E-state index contributed by atoms with van der Waals surface area (Å²) in [5.41, 5.74) is 3.99. The van der Waals surface area contributed by atoms with Crippen molar-refractivity contribution in [1.29, 1.82) is 0 Å². The van der Waals surface area contributed by atoms with E-state index in [2.05, 4.69) is 70.3 Å². The van der Waals surface area contributed by atoms with Crippen LogP contribution < -0.4 is 5.46 Å². The van der Waals surface area contributed by atoms with Gasteiger partial charge in [0.15, 0.2) is 0 Å². The summed E-state index contributed by atoms with van der Waals surface area (Å²) in [6.45, 7) is 9.28. The Bertz CT molecular complexity index is 683. The Balaban J connectivity index is 2.17. The number of benzene rings is 1. The number of piperidine rings is 1. The topological polar surface area (TPSA) is 21.1 Å². The first-order chi connectivity index (χ1) is 9.79. The van der Waals surface area contributed by atoms with Crippen LogP contribution in [0.1, 0.15) is 32.4 Å². The van der Waals surface area contributed by atoms with Crippen LogP contribution >= 0.6 is 18.8 Å². The Hall–Kier alpha value is -0.425. The molecule has 2 aromatic rings. The third-order valence-corrected chi connectivity index (χ3v) is 5.52. The molecule has 1 aromatic carbocycles. The minimum Gasteiger partial charge on any atom is -0.287 e. The second kappa shape index (κ2) is 5.34. The monoisotopic (exact) mass is 319 g/mol. The van der Waals surface area contributed by atoms with Crippen molar-refractivity contribution in [3.8, 4) is 0 Å². The molecule has 4 unspecified atom stereocenters. The number of fused-ring (bicyclic) bond motifs is 1. The predicted octanol–water partition coefficient (Wildman–Crippen LogP) is 1.78. The van der Waals surface area contributed by atoms with E-state index in [1.54, 1.807) is 0 Å². The summed E-state index contributed by atoms with van der Waals surface area (Å²) >= 11 is 0. The van der Waals surface area contributed by atoms with Gasteiger partial charge in [0.25, 0.3) is 0 Å². The van der Waals surface area contributed by atoms with E-state index in [-0.39, 0.29) is 5.41 Å². The van der Waals surface area contributed by atoms with Gasteiger partial charge in [0.2, 0.25) is 0 Å². The average molecular weight is 319 g/mol. The van der Waals surface area contributed by atoms with E-state index in [4.69, 9.17) is 5.10 Å². The van der Waals surface area contributed by atoms with E-state index < -0.39 is 0 Å². The van der Waals surface area contributed by atoms with Crippen molar-refractivity contribution >= 4 is 43.0 Å². The molecule has 6 heteroatoms. The fourth-order valence-electron chi connectivity index (χ4n) is 4.08. The first kappa shape index (κ1) is 15.5. The first-order valence-corrected chi connectivity index (χ1v) is 8.57. The summed E-state index contributed by atoms with van der Waals surface area (Å²) in [5.74, 6) is 1.08. The van der Waals surface area contributed by atoms with E-state index in [1.807, 2.05) is 4.45 Å². The van der Waals surface area contributed by atoms with Crippen molar-refractivity contribution in [3.63, 3.8) is 0 Å². The molecule has 0 radical (unpaired) electrons. The van der Waals surface area contributed by atoms with Crippen molar-refractivity contribution in [2.75, 3.05) is 13.1 Å². The normalized spacial score (nSPS) is 26.3. The quantitative estimate of drug-likeness (QED) is 0.590. The maximum absolute atomic E-state index is 4.88. The second-order valence-electron chi connectivity index (χ2n) is 7.22. The van der Waals surface area contributed by atoms with Gasteiger partial charge < -0.3 is 0 Å². The van der Waals surface area contributed by atoms with Crippen LogP contribution in [0, 0.1) is 11.3 Å². The zero-order chi connectivity index (χ0) is 15.4. The van der Waals surface area contributed by atoms with Gasteiger partial charge in [-0.05, 0) is 26.8 Å². The van der Waals surface area contributed by atoms with Crippen LogP contribution in [-0.2, 0) is 0 Å². The van der Waals surface area contributed by atoms with E-state index >= 15 is 0 Å². The third kappa shape index (κ3) is 2.67. The highest BCUT2D eigenvalue weighted by molar-refractivity contribution is 7.14. The number of rotatable bonds is 1. The van der Waals surface area contributed by atoms with Crippen molar-refractivity contribution < 1.29 is 0 Å². The molecule has 0 amide bonds. The van der Waals surface area contributed by atoms with Crippen molar-refractivity contribution in [2.45, 2.75) is 26.7 Å². The van der Waals surface area contributed by atoms with Gasteiger partial charge in [-0.15, -0.1) is 0 Å². The molecule has 112 valence electrons. The Morgan fingerprint density at radius 1 is 1.33 bits per heavy atom. The molecular formula is C15H24BN3P2. The van der Waals surface area contributed by atoms with Gasteiger partial charge in [-0.1, -0.05) is 47.8 Å². The molecule has 1 saturated heterocycles. The molecule has 0 saturated carbocycles. The zero-order valence-electron chi connectivity index (χ0n) is 13.3. The highest BCUT2D eigenvalue weighted by Crippen LogP contribution is 2.47. The van der Waals surface area contributed by atoms with Gasteiger partial charge in [0.05, 0.1) is 11.2 Å². The van der Waals surface area contributed by atoms with E-state index in [0.29, 0.717) is 11.8 Å². The number of aromatic nitrogens is 2. The summed E-state index contributed by atoms with van der Waals surface area (Å²) in [4.78, 5) is 0. The summed E-state index contributed by atoms with van der Waals surface area (Å²) in [7, 11) is 7.76. The van der Waals surface area contributed by atoms with Crippen molar-refractivity contribution in [1.82, 2.24) is 14.2 Å². The zero-order valence-corrected chi connectivity index (χ0v) is 15.6. The fourth-order valence-corrected chi connectivity index (χ4v) is 5.23. The molecule has 1 fully saturated rings. The molecule has 2 heterocycles.